The number of anilines is 1. The molecular formula is C18H19N5O5S. The summed E-state index contributed by atoms with van der Waals surface area (Å²) < 4.78 is 10.8. The number of rotatable bonds is 7. The topological polar surface area (TPSA) is 129 Å². The molecule has 11 heteroatoms. The number of aryl methyl sites for hydroxylation is 1. The smallest absolute Gasteiger partial charge is 0.442 e. The summed E-state index contributed by atoms with van der Waals surface area (Å²) in [5.41, 5.74) is 1.17. The van der Waals surface area contributed by atoms with Crippen molar-refractivity contribution in [1.29, 1.82) is 0 Å². The first-order chi connectivity index (χ1) is 14.0. The minimum atomic E-state index is -0.815. The molecule has 0 atom stereocenters. The molecule has 0 fully saturated rings. The molecule has 0 saturated heterocycles. The van der Waals surface area contributed by atoms with Gasteiger partial charge in [0.05, 0.1) is 12.2 Å². The lowest BCUT2D eigenvalue weighted by atomic mass is 10.1. The van der Waals surface area contributed by atoms with Gasteiger partial charge in [0.2, 0.25) is 11.7 Å². The van der Waals surface area contributed by atoms with Gasteiger partial charge < -0.3 is 10.1 Å². The van der Waals surface area contributed by atoms with Gasteiger partial charge in [-0.3, -0.25) is 9.32 Å². The quantitative estimate of drug-likeness (QED) is 0.578. The van der Waals surface area contributed by atoms with Crippen molar-refractivity contribution in [2.24, 2.45) is 0 Å². The maximum atomic E-state index is 12.6. The summed E-state index contributed by atoms with van der Waals surface area (Å²) in [6.07, 6.45) is 3.59. The molecule has 1 amide bonds. The van der Waals surface area contributed by atoms with E-state index in [2.05, 4.69) is 25.0 Å². The van der Waals surface area contributed by atoms with Crippen LogP contribution in [0.5, 0.6) is 0 Å². The van der Waals surface area contributed by atoms with Crippen LogP contribution in [-0.2, 0) is 22.5 Å². The molecule has 3 heterocycles. The standard InChI is InChI=1S/C18H19N5O5S/c1-4-11-10(3)29-16(13(11)17(25)27-5-2)21-12(24)9-23-15(22-28-18(23)26)14-19-7-6-8-20-14/h6-8H,4-5,9H2,1-3H3,(H,21,24). The summed E-state index contributed by atoms with van der Waals surface area (Å²) in [7, 11) is 0. The van der Waals surface area contributed by atoms with Crippen LogP contribution in [0.1, 0.15) is 34.6 Å². The van der Waals surface area contributed by atoms with E-state index in [0.717, 1.165) is 15.0 Å². The second kappa shape index (κ2) is 8.78. The third-order valence-corrected chi connectivity index (χ3v) is 5.11. The molecule has 3 rings (SSSR count). The fourth-order valence-corrected chi connectivity index (χ4v) is 3.95. The molecule has 3 aromatic heterocycles. The molecule has 0 aliphatic rings. The molecule has 0 bridgehead atoms. The van der Waals surface area contributed by atoms with Crippen molar-refractivity contribution in [3.63, 3.8) is 0 Å². The fourth-order valence-electron chi connectivity index (χ4n) is 2.80. The number of ether oxygens (including phenoxy) is 1. The molecule has 0 unspecified atom stereocenters. The SMILES string of the molecule is CCOC(=O)c1c(NC(=O)Cn2c(-c3ncccn3)noc2=O)sc(C)c1CC. The van der Waals surface area contributed by atoms with Gasteiger partial charge in [0, 0.05) is 17.3 Å². The second-order valence-electron chi connectivity index (χ2n) is 5.89. The number of thiophene rings is 1. The summed E-state index contributed by atoms with van der Waals surface area (Å²) in [5.74, 6) is -1.65. The maximum absolute atomic E-state index is 12.6. The molecule has 152 valence electrons. The summed E-state index contributed by atoms with van der Waals surface area (Å²) in [6.45, 7) is 5.35. The van der Waals surface area contributed by atoms with Crippen LogP contribution in [0.25, 0.3) is 11.6 Å². The van der Waals surface area contributed by atoms with Crippen molar-refractivity contribution in [1.82, 2.24) is 19.7 Å². The van der Waals surface area contributed by atoms with Gasteiger partial charge in [0.1, 0.15) is 11.5 Å². The van der Waals surface area contributed by atoms with E-state index in [0.29, 0.717) is 17.0 Å². The second-order valence-corrected chi connectivity index (χ2v) is 7.12. The Hall–Kier alpha value is -3.34. The van der Waals surface area contributed by atoms with E-state index in [1.165, 1.54) is 23.7 Å². The molecular weight excluding hydrogens is 398 g/mol. The number of amides is 1. The van der Waals surface area contributed by atoms with E-state index in [9.17, 15) is 14.4 Å². The Morgan fingerprint density at radius 1 is 1.28 bits per heavy atom. The van der Waals surface area contributed by atoms with Crippen molar-refractivity contribution in [2.75, 3.05) is 11.9 Å². The minimum absolute atomic E-state index is 0.0352. The highest BCUT2D eigenvalue weighted by atomic mass is 32.1. The lowest BCUT2D eigenvalue weighted by molar-refractivity contribution is -0.116. The van der Waals surface area contributed by atoms with E-state index >= 15 is 0 Å². The molecule has 1 N–H and O–H groups in total. The normalized spacial score (nSPS) is 10.7. The Morgan fingerprint density at radius 2 is 2.00 bits per heavy atom. The van der Waals surface area contributed by atoms with Crippen LogP contribution in [-0.4, -0.2) is 38.2 Å². The van der Waals surface area contributed by atoms with E-state index in [-0.39, 0.29) is 24.8 Å². The Bertz CT molecular complexity index is 1090. The molecule has 0 aromatic carbocycles. The number of carbonyl (C=O) groups is 2. The lowest BCUT2D eigenvalue weighted by Gasteiger charge is -2.08. The monoisotopic (exact) mass is 417 g/mol. The Balaban J connectivity index is 1.87. The molecule has 10 nitrogen and oxygen atoms in total. The third-order valence-electron chi connectivity index (χ3n) is 4.05. The zero-order valence-electron chi connectivity index (χ0n) is 16.1. The van der Waals surface area contributed by atoms with Gasteiger partial charge in [0.25, 0.3) is 0 Å². The number of esters is 1. The fraction of sp³-hybridized carbons (Fsp3) is 0.333. The van der Waals surface area contributed by atoms with Crippen LogP contribution in [0.3, 0.4) is 0 Å². The molecule has 0 radical (unpaired) electrons. The van der Waals surface area contributed by atoms with Crippen LogP contribution in [0.15, 0.2) is 27.8 Å². The number of nitrogens with one attached hydrogen (secondary N) is 1. The van der Waals surface area contributed by atoms with Crippen LogP contribution >= 0.6 is 11.3 Å². The molecule has 29 heavy (non-hydrogen) atoms. The predicted octanol–water partition coefficient (Wildman–Crippen LogP) is 2.04. The number of aromatic nitrogens is 4. The highest BCUT2D eigenvalue weighted by molar-refractivity contribution is 7.16. The first-order valence-electron chi connectivity index (χ1n) is 8.89. The summed E-state index contributed by atoms with van der Waals surface area (Å²) >= 11 is 1.28. The van der Waals surface area contributed by atoms with Gasteiger partial charge in [-0.05, 0) is 31.9 Å². The Kier molecular flexibility index (Phi) is 6.17. The molecule has 0 aliphatic carbocycles. The van der Waals surface area contributed by atoms with Gasteiger partial charge in [-0.2, -0.15) is 0 Å². The van der Waals surface area contributed by atoms with E-state index < -0.39 is 17.6 Å². The Morgan fingerprint density at radius 3 is 2.66 bits per heavy atom. The van der Waals surface area contributed by atoms with E-state index in [4.69, 9.17) is 4.74 Å². The largest absolute Gasteiger partial charge is 0.462 e. The molecule has 0 saturated carbocycles. The predicted molar refractivity (Wildman–Crippen MR) is 105 cm³/mol. The number of hydrogen-bond acceptors (Lipinski definition) is 9. The van der Waals surface area contributed by atoms with Crippen LogP contribution < -0.4 is 11.1 Å². The minimum Gasteiger partial charge on any atom is -0.462 e. The molecule has 3 aromatic rings. The Labute approximate surface area is 169 Å². The first kappa shape index (κ1) is 20.4. The maximum Gasteiger partial charge on any atom is 0.442 e. The zero-order chi connectivity index (χ0) is 21.0. The summed E-state index contributed by atoms with van der Waals surface area (Å²) in [6, 6.07) is 1.61. The summed E-state index contributed by atoms with van der Waals surface area (Å²) in [5, 5.41) is 6.72. The van der Waals surface area contributed by atoms with Crippen molar-refractivity contribution in [3.8, 4) is 11.6 Å². The zero-order valence-corrected chi connectivity index (χ0v) is 16.9. The highest BCUT2D eigenvalue weighted by Crippen LogP contribution is 2.34. The van der Waals surface area contributed by atoms with Crippen molar-refractivity contribution < 1.29 is 18.8 Å². The first-order valence-corrected chi connectivity index (χ1v) is 9.71. The van der Waals surface area contributed by atoms with E-state index in [1.807, 2.05) is 13.8 Å². The summed E-state index contributed by atoms with van der Waals surface area (Å²) in [4.78, 5) is 45.9. The van der Waals surface area contributed by atoms with Gasteiger partial charge in [-0.15, -0.1) is 11.3 Å². The number of nitrogens with zero attached hydrogens (tertiary/aromatic N) is 4. The lowest BCUT2D eigenvalue weighted by Crippen LogP contribution is -2.26. The van der Waals surface area contributed by atoms with Crippen molar-refractivity contribution in [3.05, 3.63) is 45.0 Å². The van der Waals surface area contributed by atoms with Crippen LogP contribution in [0.2, 0.25) is 0 Å². The molecule has 0 spiro atoms. The van der Waals surface area contributed by atoms with Gasteiger partial charge in [0.15, 0.2) is 5.82 Å². The van der Waals surface area contributed by atoms with Gasteiger partial charge >= 0.3 is 11.7 Å². The van der Waals surface area contributed by atoms with Crippen LogP contribution in [0, 0.1) is 6.92 Å². The van der Waals surface area contributed by atoms with Crippen LogP contribution in [0.4, 0.5) is 5.00 Å². The van der Waals surface area contributed by atoms with E-state index in [1.54, 1.807) is 13.0 Å². The number of hydrogen-bond donors (Lipinski definition) is 1. The van der Waals surface area contributed by atoms with Crippen molar-refractivity contribution in [2.45, 2.75) is 33.7 Å². The highest BCUT2D eigenvalue weighted by Gasteiger charge is 2.24. The van der Waals surface area contributed by atoms with Gasteiger partial charge in [-0.25, -0.2) is 24.1 Å². The average Bonchev–Trinajstić information content (AvgIpc) is 3.22. The van der Waals surface area contributed by atoms with Crippen molar-refractivity contribution >= 4 is 28.2 Å². The molecule has 0 aliphatic heterocycles. The van der Waals surface area contributed by atoms with Gasteiger partial charge in [-0.1, -0.05) is 12.1 Å². The third kappa shape index (κ3) is 4.24. The average molecular weight is 417 g/mol. The number of carbonyl (C=O) groups excluding carboxylic acids is 2.